The SMILES string of the molecule is C[C@@H](CN(C)C(=O)OC(C)(C)C)C(=O)Nc1cccc(C[S@@](=O)Cc2ccccc2)c1. The molecule has 6 nitrogen and oxygen atoms in total. The van der Waals surface area contributed by atoms with Gasteiger partial charge in [0.15, 0.2) is 0 Å². The highest BCUT2D eigenvalue weighted by atomic mass is 32.2. The van der Waals surface area contributed by atoms with Gasteiger partial charge in [-0.15, -0.1) is 0 Å². The van der Waals surface area contributed by atoms with Crippen molar-refractivity contribution >= 4 is 28.5 Å². The Morgan fingerprint density at radius 1 is 1.03 bits per heavy atom. The summed E-state index contributed by atoms with van der Waals surface area (Å²) in [4.78, 5) is 26.1. The number of nitrogens with zero attached hydrogens (tertiary/aromatic N) is 1. The molecule has 2 rings (SSSR count). The van der Waals surface area contributed by atoms with Gasteiger partial charge >= 0.3 is 6.09 Å². The Balaban J connectivity index is 1.90. The minimum Gasteiger partial charge on any atom is -0.444 e. The summed E-state index contributed by atoms with van der Waals surface area (Å²) in [6.07, 6.45) is -0.463. The van der Waals surface area contributed by atoms with Gasteiger partial charge in [-0.3, -0.25) is 9.00 Å². The van der Waals surface area contributed by atoms with E-state index in [1.807, 2.05) is 48.5 Å². The highest BCUT2D eigenvalue weighted by Gasteiger charge is 2.23. The van der Waals surface area contributed by atoms with Gasteiger partial charge in [-0.05, 0) is 44.0 Å². The molecule has 0 spiro atoms. The van der Waals surface area contributed by atoms with Crippen molar-refractivity contribution in [3.63, 3.8) is 0 Å². The summed E-state index contributed by atoms with van der Waals surface area (Å²) in [5, 5.41) is 2.88. The van der Waals surface area contributed by atoms with Crippen molar-refractivity contribution in [1.29, 1.82) is 0 Å². The van der Waals surface area contributed by atoms with E-state index in [9.17, 15) is 13.8 Å². The Labute approximate surface area is 187 Å². The monoisotopic (exact) mass is 444 g/mol. The molecule has 0 saturated heterocycles. The quantitative estimate of drug-likeness (QED) is 0.647. The number of amides is 2. The maximum atomic E-state index is 12.6. The van der Waals surface area contributed by atoms with E-state index in [0.29, 0.717) is 17.2 Å². The first-order valence-electron chi connectivity index (χ1n) is 10.3. The second-order valence-electron chi connectivity index (χ2n) is 8.67. The molecule has 0 saturated carbocycles. The normalized spacial score (nSPS) is 13.2. The van der Waals surface area contributed by atoms with Crippen molar-refractivity contribution in [2.75, 3.05) is 18.9 Å². The Morgan fingerprint density at radius 3 is 2.29 bits per heavy atom. The maximum absolute atomic E-state index is 12.6. The van der Waals surface area contributed by atoms with Crippen LogP contribution in [0.4, 0.5) is 10.5 Å². The largest absolute Gasteiger partial charge is 0.444 e. The maximum Gasteiger partial charge on any atom is 0.410 e. The molecule has 0 fully saturated rings. The number of ether oxygens (including phenoxy) is 1. The second kappa shape index (κ2) is 11.1. The predicted molar refractivity (Wildman–Crippen MR) is 125 cm³/mol. The van der Waals surface area contributed by atoms with Crippen molar-refractivity contribution in [1.82, 2.24) is 4.90 Å². The number of hydrogen-bond donors (Lipinski definition) is 1. The van der Waals surface area contributed by atoms with E-state index in [4.69, 9.17) is 4.74 Å². The first kappa shape index (κ1) is 24.6. The van der Waals surface area contributed by atoms with Gasteiger partial charge in [0.2, 0.25) is 5.91 Å². The standard InChI is InChI=1S/C24H32N2O4S/c1-18(15-26(5)23(28)30-24(2,3)4)22(27)25-21-13-9-12-20(14-21)17-31(29)16-19-10-7-6-8-11-19/h6-14,18H,15-17H2,1-5H3,(H,25,27)/t18-,31-/m0/s1. The Kier molecular flexibility index (Phi) is 8.80. The van der Waals surface area contributed by atoms with Crippen LogP contribution in [0.25, 0.3) is 0 Å². The molecule has 0 bridgehead atoms. The van der Waals surface area contributed by atoms with Crippen LogP contribution in [-0.2, 0) is 31.8 Å². The molecule has 0 aromatic heterocycles. The van der Waals surface area contributed by atoms with E-state index < -0.39 is 28.4 Å². The highest BCUT2D eigenvalue weighted by Crippen LogP contribution is 2.16. The Morgan fingerprint density at radius 2 is 1.65 bits per heavy atom. The summed E-state index contributed by atoms with van der Waals surface area (Å²) in [7, 11) is 0.567. The van der Waals surface area contributed by atoms with Gasteiger partial charge in [0.05, 0.1) is 5.92 Å². The molecule has 2 aromatic rings. The van der Waals surface area contributed by atoms with Crippen LogP contribution in [0, 0.1) is 5.92 Å². The van der Waals surface area contributed by atoms with E-state index in [1.54, 1.807) is 40.8 Å². The molecule has 0 aliphatic rings. The number of rotatable bonds is 8. The Bertz CT molecular complexity index is 909. The van der Waals surface area contributed by atoms with Crippen LogP contribution in [0.2, 0.25) is 0 Å². The van der Waals surface area contributed by atoms with Gasteiger partial charge in [0.25, 0.3) is 0 Å². The Hall–Kier alpha value is -2.67. The minimum absolute atomic E-state index is 0.196. The highest BCUT2D eigenvalue weighted by molar-refractivity contribution is 7.83. The molecular formula is C24H32N2O4S. The van der Waals surface area contributed by atoms with Crippen LogP contribution in [-0.4, -0.2) is 40.3 Å². The van der Waals surface area contributed by atoms with Gasteiger partial charge in [0, 0.05) is 41.6 Å². The molecule has 0 radical (unpaired) electrons. The predicted octanol–water partition coefficient (Wildman–Crippen LogP) is 4.58. The molecule has 1 N–H and O–H groups in total. The van der Waals surface area contributed by atoms with Gasteiger partial charge in [-0.1, -0.05) is 49.4 Å². The van der Waals surface area contributed by atoms with E-state index in [-0.39, 0.29) is 12.5 Å². The number of hydrogen-bond acceptors (Lipinski definition) is 4. The van der Waals surface area contributed by atoms with Crippen molar-refractivity contribution in [3.8, 4) is 0 Å². The zero-order valence-electron chi connectivity index (χ0n) is 18.9. The summed E-state index contributed by atoms with van der Waals surface area (Å²) in [6, 6.07) is 17.1. The van der Waals surface area contributed by atoms with E-state index in [2.05, 4.69) is 5.32 Å². The van der Waals surface area contributed by atoms with Gasteiger partial charge < -0.3 is 15.0 Å². The molecule has 2 aromatic carbocycles. The van der Waals surface area contributed by atoms with E-state index in [0.717, 1.165) is 11.1 Å². The van der Waals surface area contributed by atoms with Crippen LogP contribution in [0.3, 0.4) is 0 Å². The lowest BCUT2D eigenvalue weighted by atomic mass is 10.1. The number of carbonyl (C=O) groups excluding carboxylic acids is 2. The van der Waals surface area contributed by atoms with E-state index >= 15 is 0 Å². The molecule has 31 heavy (non-hydrogen) atoms. The number of benzene rings is 2. The fourth-order valence-corrected chi connectivity index (χ4v) is 4.13. The fourth-order valence-electron chi connectivity index (χ4n) is 2.91. The van der Waals surface area contributed by atoms with Crippen LogP contribution >= 0.6 is 0 Å². The third kappa shape index (κ3) is 8.92. The summed E-state index contributed by atoms with van der Waals surface area (Å²) in [5.74, 6) is 0.285. The van der Waals surface area contributed by atoms with Crippen molar-refractivity contribution in [3.05, 3.63) is 65.7 Å². The fraction of sp³-hybridized carbons (Fsp3) is 0.417. The zero-order chi connectivity index (χ0) is 23.0. The third-order valence-corrected chi connectivity index (χ3v) is 5.70. The second-order valence-corrected chi connectivity index (χ2v) is 10.1. The van der Waals surface area contributed by atoms with Gasteiger partial charge in [-0.25, -0.2) is 4.79 Å². The molecule has 0 heterocycles. The zero-order valence-corrected chi connectivity index (χ0v) is 19.7. The first-order chi connectivity index (χ1) is 14.5. The van der Waals surface area contributed by atoms with Crippen molar-refractivity contribution in [2.45, 2.75) is 44.8 Å². The van der Waals surface area contributed by atoms with E-state index in [1.165, 1.54) is 4.90 Å². The topological polar surface area (TPSA) is 75.7 Å². The number of nitrogens with one attached hydrogen (secondary N) is 1. The molecule has 0 unspecified atom stereocenters. The molecule has 7 heteroatoms. The summed E-state index contributed by atoms with van der Waals surface area (Å²) >= 11 is 0. The molecule has 2 amide bonds. The summed E-state index contributed by atoms with van der Waals surface area (Å²) in [5.41, 5.74) is 1.99. The number of carbonyl (C=O) groups is 2. The summed E-state index contributed by atoms with van der Waals surface area (Å²) in [6.45, 7) is 7.40. The lowest BCUT2D eigenvalue weighted by Crippen LogP contribution is -2.39. The smallest absolute Gasteiger partial charge is 0.410 e. The van der Waals surface area contributed by atoms with Crippen molar-refractivity contribution < 1.29 is 18.5 Å². The lowest BCUT2D eigenvalue weighted by Gasteiger charge is -2.26. The molecular weight excluding hydrogens is 412 g/mol. The molecule has 168 valence electrons. The lowest BCUT2D eigenvalue weighted by molar-refractivity contribution is -0.119. The molecule has 0 aliphatic carbocycles. The van der Waals surface area contributed by atoms with Gasteiger partial charge in [0.1, 0.15) is 5.60 Å². The van der Waals surface area contributed by atoms with Crippen LogP contribution in [0.15, 0.2) is 54.6 Å². The molecule has 2 atom stereocenters. The van der Waals surface area contributed by atoms with Crippen molar-refractivity contribution in [2.24, 2.45) is 5.92 Å². The minimum atomic E-state index is -1.04. The summed E-state index contributed by atoms with van der Waals surface area (Å²) < 4.78 is 17.8. The van der Waals surface area contributed by atoms with Crippen LogP contribution < -0.4 is 5.32 Å². The number of anilines is 1. The third-order valence-electron chi connectivity index (χ3n) is 4.39. The van der Waals surface area contributed by atoms with Crippen LogP contribution in [0.5, 0.6) is 0 Å². The first-order valence-corrected chi connectivity index (χ1v) is 11.7. The molecule has 0 aliphatic heterocycles. The average Bonchev–Trinajstić information content (AvgIpc) is 2.67. The van der Waals surface area contributed by atoms with Crippen LogP contribution in [0.1, 0.15) is 38.8 Å². The average molecular weight is 445 g/mol. The van der Waals surface area contributed by atoms with Gasteiger partial charge in [-0.2, -0.15) is 0 Å².